The van der Waals surface area contributed by atoms with Crippen LogP contribution in [0.5, 0.6) is 0 Å². The van der Waals surface area contributed by atoms with Gasteiger partial charge in [0, 0.05) is 29.5 Å². The van der Waals surface area contributed by atoms with Gasteiger partial charge in [-0.05, 0) is 139 Å². The first-order valence-electron chi connectivity index (χ1n) is 19.0. The van der Waals surface area contributed by atoms with Crippen LogP contribution in [0.3, 0.4) is 0 Å². The second-order valence-electron chi connectivity index (χ2n) is 15.7. The number of hydrogen-bond acceptors (Lipinski definition) is 1. The summed E-state index contributed by atoms with van der Waals surface area (Å²) in [7, 11) is 0. The molecule has 1 aromatic carbocycles. The molecule has 7 aliphatic rings. The highest BCUT2D eigenvalue weighted by molar-refractivity contribution is 5.82. The van der Waals surface area contributed by atoms with Crippen LogP contribution >= 0.6 is 0 Å². The molecule has 0 N–H and O–H groups in total. The standard InChI is InChI=1S/C47H49N/c1-30-23-35(13-8-14-42(30)40-20-16-33-10-6-7-12-37(33)26-40)41-28-46-43-22-21-34-17-19-39(27-44(34)45(43)24-31(2)47(46)48-29-41)38-18-15-32-9-4-3-5-11-36(32)25-38/h3-5,8,11,13-15,18,21-22,26-31,36,42H,6-7,9-10,12,16-17,19-20,23-25H2,1-2H3. The Balaban J connectivity index is 1.01. The number of benzene rings is 1. The van der Waals surface area contributed by atoms with Gasteiger partial charge in [-0.15, -0.1) is 0 Å². The Bertz CT molecular complexity index is 1960. The fourth-order valence-electron chi connectivity index (χ4n) is 9.94. The fourth-order valence-corrected chi connectivity index (χ4v) is 9.94. The fraction of sp³-hybridized carbons (Fsp3) is 0.383. The van der Waals surface area contributed by atoms with Crippen LogP contribution in [0.15, 0.2) is 119 Å². The van der Waals surface area contributed by atoms with Gasteiger partial charge >= 0.3 is 0 Å². The number of aryl methyl sites for hydroxylation is 1. The Morgan fingerprint density at radius 1 is 0.708 bits per heavy atom. The van der Waals surface area contributed by atoms with E-state index in [0.717, 1.165) is 38.5 Å². The number of fused-ring (bicyclic) bond motifs is 6. The zero-order valence-electron chi connectivity index (χ0n) is 28.9. The highest BCUT2D eigenvalue weighted by Gasteiger charge is 2.30. The zero-order valence-corrected chi connectivity index (χ0v) is 28.9. The molecule has 2 aromatic rings. The maximum atomic E-state index is 5.21. The normalized spacial score (nSPS) is 27.5. The summed E-state index contributed by atoms with van der Waals surface area (Å²) in [6, 6.07) is 7.34. The molecular weight excluding hydrogens is 579 g/mol. The molecule has 4 atom stereocenters. The van der Waals surface area contributed by atoms with Gasteiger partial charge in [0.1, 0.15) is 0 Å². The van der Waals surface area contributed by atoms with Crippen LogP contribution in [0.25, 0.3) is 22.8 Å². The van der Waals surface area contributed by atoms with Crippen molar-refractivity contribution in [1.82, 2.24) is 4.98 Å². The zero-order chi connectivity index (χ0) is 32.2. The van der Waals surface area contributed by atoms with Crippen molar-refractivity contribution in [2.75, 3.05) is 0 Å². The second-order valence-corrected chi connectivity index (χ2v) is 15.7. The van der Waals surface area contributed by atoms with Crippen molar-refractivity contribution in [1.29, 1.82) is 0 Å². The number of allylic oxidation sites excluding steroid dienone is 17. The van der Waals surface area contributed by atoms with Crippen LogP contribution in [0.1, 0.15) is 112 Å². The van der Waals surface area contributed by atoms with Crippen molar-refractivity contribution in [3.8, 4) is 11.1 Å². The molecule has 0 fully saturated rings. The lowest BCUT2D eigenvalue weighted by Gasteiger charge is -2.31. The third kappa shape index (κ3) is 5.44. The minimum absolute atomic E-state index is 0.415. The number of rotatable bonds is 3. The summed E-state index contributed by atoms with van der Waals surface area (Å²) in [6.07, 6.45) is 43.1. The van der Waals surface area contributed by atoms with Gasteiger partial charge in [-0.1, -0.05) is 110 Å². The van der Waals surface area contributed by atoms with E-state index < -0.39 is 0 Å². The highest BCUT2D eigenvalue weighted by atomic mass is 14.7. The van der Waals surface area contributed by atoms with Gasteiger partial charge < -0.3 is 0 Å². The molecule has 48 heavy (non-hydrogen) atoms. The predicted octanol–water partition coefficient (Wildman–Crippen LogP) is 12.3. The quantitative estimate of drug-likeness (QED) is 0.330. The summed E-state index contributed by atoms with van der Waals surface area (Å²) in [6.45, 7) is 4.86. The first-order valence-corrected chi connectivity index (χ1v) is 19.0. The van der Waals surface area contributed by atoms with E-state index >= 15 is 0 Å². The van der Waals surface area contributed by atoms with Crippen LogP contribution in [0.2, 0.25) is 0 Å². The monoisotopic (exact) mass is 627 g/mol. The SMILES string of the molecule is CC1Cc2c(ccc3c2C=C(C2=CC=C4CC=CC=CC4C2)CC3)-c2cc(C3=CC=CC(C4=CC5=C(CCCC5)CC4)C(C)C3)cnc21. The van der Waals surface area contributed by atoms with Gasteiger partial charge in [-0.3, -0.25) is 4.98 Å². The molecule has 1 nitrogen and oxygen atoms in total. The molecular formula is C47H49N. The molecule has 9 rings (SSSR count). The molecule has 1 heteroatoms. The van der Waals surface area contributed by atoms with E-state index in [2.05, 4.69) is 105 Å². The van der Waals surface area contributed by atoms with Gasteiger partial charge in [0.25, 0.3) is 0 Å². The summed E-state index contributed by atoms with van der Waals surface area (Å²) >= 11 is 0. The molecule has 0 saturated heterocycles. The van der Waals surface area contributed by atoms with Crippen LogP contribution in [0.4, 0.5) is 0 Å². The largest absolute Gasteiger partial charge is 0.260 e. The molecule has 0 amide bonds. The number of hydrogen-bond donors (Lipinski definition) is 0. The molecule has 0 aliphatic heterocycles. The number of aromatic nitrogens is 1. The Morgan fingerprint density at radius 2 is 1.65 bits per heavy atom. The van der Waals surface area contributed by atoms with Crippen LogP contribution in [-0.2, 0) is 12.8 Å². The molecule has 242 valence electrons. The third-order valence-corrected chi connectivity index (χ3v) is 12.7. The van der Waals surface area contributed by atoms with E-state index in [0.29, 0.717) is 23.7 Å². The van der Waals surface area contributed by atoms with Gasteiger partial charge in [0.05, 0.1) is 5.69 Å². The summed E-state index contributed by atoms with van der Waals surface area (Å²) < 4.78 is 0. The van der Waals surface area contributed by atoms with E-state index in [9.17, 15) is 0 Å². The van der Waals surface area contributed by atoms with Crippen molar-refractivity contribution >= 4 is 11.6 Å². The first kappa shape index (κ1) is 30.1. The predicted molar refractivity (Wildman–Crippen MR) is 202 cm³/mol. The molecule has 0 saturated carbocycles. The lowest BCUT2D eigenvalue weighted by molar-refractivity contribution is 0.475. The average molecular weight is 628 g/mol. The van der Waals surface area contributed by atoms with Crippen molar-refractivity contribution < 1.29 is 0 Å². The topological polar surface area (TPSA) is 12.9 Å². The summed E-state index contributed by atoms with van der Waals surface area (Å²) in [5.74, 6) is 2.06. The van der Waals surface area contributed by atoms with Crippen molar-refractivity contribution in [3.05, 3.63) is 147 Å². The molecule has 7 aliphatic carbocycles. The van der Waals surface area contributed by atoms with E-state index in [1.165, 1.54) is 83.2 Å². The lowest BCUT2D eigenvalue weighted by atomic mass is 9.74. The summed E-state index contributed by atoms with van der Waals surface area (Å²) in [5, 5.41) is 0. The van der Waals surface area contributed by atoms with E-state index in [4.69, 9.17) is 4.98 Å². The summed E-state index contributed by atoms with van der Waals surface area (Å²) in [4.78, 5) is 5.21. The van der Waals surface area contributed by atoms with Gasteiger partial charge in [0.2, 0.25) is 0 Å². The second kappa shape index (κ2) is 12.5. The highest BCUT2D eigenvalue weighted by Crippen LogP contribution is 2.46. The Labute approximate surface area is 288 Å². The number of pyridine rings is 1. The van der Waals surface area contributed by atoms with Crippen molar-refractivity contribution in [2.45, 2.75) is 96.8 Å². The third-order valence-electron chi connectivity index (χ3n) is 12.7. The van der Waals surface area contributed by atoms with Crippen LogP contribution < -0.4 is 0 Å². The van der Waals surface area contributed by atoms with Crippen LogP contribution in [0, 0.1) is 17.8 Å². The van der Waals surface area contributed by atoms with E-state index in [1.807, 2.05) is 0 Å². The van der Waals surface area contributed by atoms with Gasteiger partial charge in [-0.2, -0.15) is 0 Å². The first-order chi connectivity index (χ1) is 23.6. The minimum atomic E-state index is 0.415. The smallest absolute Gasteiger partial charge is 0.0513 e. The molecule has 1 heterocycles. The number of nitrogens with zero attached hydrogens (tertiary/aromatic N) is 1. The van der Waals surface area contributed by atoms with Gasteiger partial charge in [-0.25, -0.2) is 0 Å². The Kier molecular flexibility index (Phi) is 7.83. The van der Waals surface area contributed by atoms with E-state index in [1.54, 1.807) is 33.4 Å². The molecule has 0 spiro atoms. The molecule has 0 radical (unpaired) electrons. The Hall–Kier alpha value is -3.97. The van der Waals surface area contributed by atoms with Gasteiger partial charge in [0.15, 0.2) is 0 Å². The molecule has 1 aromatic heterocycles. The maximum absolute atomic E-state index is 5.21. The maximum Gasteiger partial charge on any atom is 0.0513 e. The van der Waals surface area contributed by atoms with E-state index in [-0.39, 0.29) is 0 Å². The molecule has 4 unspecified atom stereocenters. The summed E-state index contributed by atoms with van der Waals surface area (Å²) in [5.41, 5.74) is 21.1. The van der Waals surface area contributed by atoms with Crippen LogP contribution in [-0.4, -0.2) is 4.98 Å². The lowest BCUT2D eigenvalue weighted by Crippen LogP contribution is -2.16. The minimum Gasteiger partial charge on any atom is -0.260 e. The van der Waals surface area contributed by atoms with Crippen molar-refractivity contribution in [3.63, 3.8) is 0 Å². The average Bonchev–Trinajstić information content (AvgIpc) is 3.48. The molecule has 0 bridgehead atoms. The Morgan fingerprint density at radius 3 is 2.60 bits per heavy atom. The van der Waals surface area contributed by atoms with Crippen molar-refractivity contribution in [2.24, 2.45) is 17.8 Å².